The molecule has 0 radical (unpaired) electrons. The molecule has 7 heteroatoms. The quantitative estimate of drug-likeness (QED) is 0.774. The zero-order valence-electron chi connectivity index (χ0n) is 12.4. The van der Waals surface area contributed by atoms with Crippen LogP contribution in [0.3, 0.4) is 0 Å². The van der Waals surface area contributed by atoms with E-state index in [-0.39, 0.29) is 24.6 Å². The first-order valence-corrected chi connectivity index (χ1v) is 7.24. The molecule has 122 valence electrons. The minimum absolute atomic E-state index is 0.0995. The molecule has 0 saturated heterocycles. The van der Waals surface area contributed by atoms with Gasteiger partial charge in [-0.15, -0.1) is 0 Å². The standard InChI is InChI=1S/C17H12F2N2O3/c18-11-1-2-13(12(19)5-11)20-7-10-3-9-4-15-16(24-8-23-15)6-14(9)21-17(10)22/h1-6,20H,7-8H2,(H,21,22). The summed E-state index contributed by atoms with van der Waals surface area (Å²) in [6.45, 7) is 0.246. The average molecular weight is 330 g/mol. The smallest absolute Gasteiger partial charge is 0.253 e. The van der Waals surface area contributed by atoms with Gasteiger partial charge < -0.3 is 19.8 Å². The number of fused-ring (bicyclic) bond motifs is 2. The number of ether oxygens (including phenoxy) is 2. The van der Waals surface area contributed by atoms with Crippen LogP contribution in [0, 0.1) is 11.6 Å². The maximum Gasteiger partial charge on any atom is 0.253 e. The average Bonchev–Trinajstić information content (AvgIpc) is 2.99. The maximum atomic E-state index is 13.6. The summed E-state index contributed by atoms with van der Waals surface area (Å²) in [5.74, 6) is -0.177. The number of anilines is 1. The van der Waals surface area contributed by atoms with Crippen LogP contribution in [0.15, 0.2) is 41.2 Å². The molecule has 2 heterocycles. The van der Waals surface area contributed by atoms with Crippen molar-refractivity contribution in [2.24, 2.45) is 0 Å². The number of aromatic nitrogens is 1. The first kappa shape index (κ1) is 14.5. The van der Waals surface area contributed by atoms with Gasteiger partial charge in [0, 0.05) is 29.6 Å². The lowest BCUT2D eigenvalue weighted by Gasteiger charge is -2.08. The number of pyridine rings is 1. The van der Waals surface area contributed by atoms with E-state index in [9.17, 15) is 13.6 Å². The van der Waals surface area contributed by atoms with E-state index in [1.165, 1.54) is 6.07 Å². The van der Waals surface area contributed by atoms with Crippen molar-refractivity contribution in [3.8, 4) is 11.5 Å². The third-order valence-corrected chi connectivity index (χ3v) is 3.81. The van der Waals surface area contributed by atoms with Crippen LogP contribution in [0.4, 0.5) is 14.5 Å². The second kappa shape index (κ2) is 5.52. The Labute approximate surface area is 134 Å². The Morgan fingerprint density at radius 1 is 1.08 bits per heavy atom. The summed E-state index contributed by atoms with van der Waals surface area (Å²) in [6, 6.07) is 8.40. The van der Waals surface area contributed by atoms with E-state index < -0.39 is 11.6 Å². The highest BCUT2D eigenvalue weighted by Crippen LogP contribution is 2.35. The molecule has 4 rings (SSSR count). The van der Waals surface area contributed by atoms with Gasteiger partial charge >= 0.3 is 0 Å². The summed E-state index contributed by atoms with van der Waals surface area (Å²) in [5.41, 5.74) is 0.879. The van der Waals surface area contributed by atoms with Crippen LogP contribution >= 0.6 is 0 Å². The fourth-order valence-electron chi connectivity index (χ4n) is 2.60. The molecule has 3 aromatic rings. The van der Waals surface area contributed by atoms with Crippen LogP contribution in [-0.2, 0) is 6.54 Å². The number of nitrogens with one attached hydrogen (secondary N) is 2. The molecule has 2 N–H and O–H groups in total. The largest absolute Gasteiger partial charge is 0.454 e. The molecule has 2 aromatic carbocycles. The molecule has 0 bridgehead atoms. The molecule has 0 spiro atoms. The molecule has 1 aliphatic heterocycles. The topological polar surface area (TPSA) is 63.4 Å². The Bertz CT molecular complexity index is 1000. The van der Waals surface area contributed by atoms with E-state index in [2.05, 4.69) is 10.3 Å². The summed E-state index contributed by atoms with van der Waals surface area (Å²) >= 11 is 0. The highest BCUT2D eigenvalue weighted by atomic mass is 19.1. The molecule has 1 aromatic heterocycles. The number of halogens is 2. The number of hydrogen-bond acceptors (Lipinski definition) is 4. The lowest BCUT2D eigenvalue weighted by atomic mass is 10.1. The predicted octanol–water partition coefficient (Wildman–Crippen LogP) is 3.15. The number of H-pyrrole nitrogens is 1. The summed E-state index contributed by atoms with van der Waals surface area (Å²) in [6.07, 6.45) is 0. The van der Waals surface area contributed by atoms with Gasteiger partial charge in [-0.05, 0) is 24.3 Å². The van der Waals surface area contributed by atoms with Crippen LogP contribution in [-0.4, -0.2) is 11.8 Å². The Kier molecular flexibility index (Phi) is 3.34. The molecule has 1 aliphatic rings. The Morgan fingerprint density at radius 2 is 1.88 bits per heavy atom. The molecule has 0 amide bonds. The summed E-state index contributed by atoms with van der Waals surface area (Å²) in [5, 5.41) is 3.57. The van der Waals surface area contributed by atoms with E-state index in [0.29, 0.717) is 22.6 Å². The van der Waals surface area contributed by atoms with Crippen molar-refractivity contribution in [3.05, 3.63) is 63.9 Å². The van der Waals surface area contributed by atoms with Gasteiger partial charge in [-0.2, -0.15) is 0 Å². The van der Waals surface area contributed by atoms with Gasteiger partial charge in [-0.3, -0.25) is 4.79 Å². The Morgan fingerprint density at radius 3 is 2.67 bits per heavy atom. The van der Waals surface area contributed by atoms with Gasteiger partial charge in [0.15, 0.2) is 11.5 Å². The molecular formula is C17H12F2N2O3. The summed E-state index contributed by atoms with van der Waals surface area (Å²) in [7, 11) is 0. The molecule has 0 unspecified atom stereocenters. The van der Waals surface area contributed by atoms with E-state index >= 15 is 0 Å². The van der Waals surface area contributed by atoms with Crippen molar-refractivity contribution in [3.63, 3.8) is 0 Å². The zero-order chi connectivity index (χ0) is 16.7. The lowest BCUT2D eigenvalue weighted by molar-refractivity contribution is 0.174. The zero-order valence-corrected chi connectivity index (χ0v) is 12.4. The van der Waals surface area contributed by atoms with Crippen molar-refractivity contribution in [2.75, 3.05) is 12.1 Å². The van der Waals surface area contributed by atoms with Crippen LogP contribution in [0.5, 0.6) is 11.5 Å². The minimum Gasteiger partial charge on any atom is -0.454 e. The number of aromatic amines is 1. The highest BCUT2D eigenvalue weighted by Gasteiger charge is 2.15. The Balaban J connectivity index is 1.65. The van der Waals surface area contributed by atoms with E-state index in [1.54, 1.807) is 18.2 Å². The van der Waals surface area contributed by atoms with Gasteiger partial charge in [-0.1, -0.05) is 0 Å². The molecule has 5 nitrogen and oxygen atoms in total. The summed E-state index contributed by atoms with van der Waals surface area (Å²) in [4.78, 5) is 14.9. The molecule has 0 saturated carbocycles. The Hall–Kier alpha value is -3.09. The third kappa shape index (κ3) is 2.54. The first-order valence-electron chi connectivity index (χ1n) is 7.24. The van der Waals surface area contributed by atoms with Crippen LogP contribution in [0.2, 0.25) is 0 Å². The molecule has 0 fully saturated rings. The second-order valence-electron chi connectivity index (χ2n) is 5.39. The fourth-order valence-corrected chi connectivity index (χ4v) is 2.60. The maximum absolute atomic E-state index is 13.6. The normalized spacial score (nSPS) is 12.6. The minimum atomic E-state index is -0.712. The van der Waals surface area contributed by atoms with Gasteiger partial charge in [0.25, 0.3) is 5.56 Å². The van der Waals surface area contributed by atoms with Gasteiger partial charge in [0.05, 0.1) is 11.2 Å². The summed E-state index contributed by atoms with van der Waals surface area (Å²) < 4.78 is 37.1. The SMILES string of the molecule is O=c1[nH]c2cc3c(cc2cc1CNc1ccc(F)cc1F)OCO3. The van der Waals surface area contributed by atoms with Crippen LogP contribution < -0.4 is 20.3 Å². The molecule has 24 heavy (non-hydrogen) atoms. The van der Waals surface area contributed by atoms with Gasteiger partial charge in [0.2, 0.25) is 6.79 Å². The van der Waals surface area contributed by atoms with Crippen molar-refractivity contribution in [1.82, 2.24) is 4.98 Å². The van der Waals surface area contributed by atoms with Crippen molar-refractivity contribution in [2.45, 2.75) is 6.54 Å². The van der Waals surface area contributed by atoms with E-state index in [0.717, 1.165) is 17.5 Å². The van der Waals surface area contributed by atoms with Crippen molar-refractivity contribution >= 4 is 16.6 Å². The van der Waals surface area contributed by atoms with Gasteiger partial charge in [-0.25, -0.2) is 8.78 Å². The number of benzene rings is 2. The molecule has 0 aliphatic carbocycles. The van der Waals surface area contributed by atoms with Crippen LogP contribution in [0.25, 0.3) is 10.9 Å². The molecule has 0 atom stereocenters. The lowest BCUT2D eigenvalue weighted by Crippen LogP contribution is -2.16. The van der Waals surface area contributed by atoms with Crippen molar-refractivity contribution in [1.29, 1.82) is 0 Å². The highest BCUT2D eigenvalue weighted by molar-refractivity contribution is 5.83. The second-order valence-corrected chi connectivity index (χ2v) is 5.39. The first-order chi connectivity index (χ1) is 11.6. The van der Waals surface area contributed by atoms with E-state index in [1.807, 2.05) is 0 Å². The predicted molar refractivity (Wildman–Crippen MR) is 84.4 cm³/mol. The monoisotopic (exact) mass is 330 g/mol. The van der Waals surface area contributed by atoms with Gasteiger partial charge in [0.1, 0.15) is 11.6 Å². The van der Waals surface area contributed by atoms with Crippen LogP contribution in [0.1, 0.15) is 5.56 Å². The van der Waals surface area contributed by atoms with E-state index in [4.69, 9.17) is 9.47 Å². The third-order valence-electron chi connectivity index (χ3n) is 3.81. The van der Waals surface area contributed by atoms with Crippen molar-refractivity contribution < 1.29 is 18.3 Å². The fraction of sp³-hybridized carbons (Fsp3) is 0.118. The number of hydrogen-bond donors (Lipinski definition) is 2. The molecular weight excluding hydrogens is 318 g/mol. The number of rotatable bonds is 3.